The fourth-order valence-corrected chi connectivity index (χ4v) is 1.94. The van der Waals surface area contributed by atoms with Gasteiger partial charge in [-0.25, -0.2) is 0 Å². The van der Waals surface area contributed by atoms with Gasteiger partial charge in [0.1, 0.15) is 0 Å². The monoisotopic (exact) mass is 198 g/mol. The molecule has 0 saturated carbocycles. The minimum absolute atomic E-state index is 0.135. The maximum absolute atomic E-state index is 11.7. The maximum atomic E-state index is 11.7. The molecule has 0 aromatic heterocycles. The van der Waals surface area contributed by atoms with Crippen LogP contribution in [0.15, 0.2) is 0 Å². The van der Waals surface area contributed by atoms with Gasteiger partial charge in [-0.1, -0.05) is 20.8 Å². The highest BCUT2D eigenvalue weighted by Gasteiger charge is 2.29. The molecule has 1 saturated heterocycles. The zero-order valence-electron chi connectivity index (χ0n) is 9.49. The molecule has 1 rings (SSSR count). The quantitative estimate of drug-likeness (QED) is 0.741. The summed E-state index contributed by atoms with van der Waals surface area (Å²) in [4.78, 5) is 13.7. The highest BCUT2D eigenvalue weighted by molar-refractivity contribution is 5.81. The minimum Gasteiger partial charge on any atom is -0.341 e. The van der Waals surface area contributed by atoms with Crippen LogP contribution < -0.4 is 5.73 Å². The molecule has 1 fully saturated rings. The Kier molecular flexibility index (Phi) is 3.93. The van der Waals surface area contributed by atoms with Gasteiger partial charge < -0.3 is 10.6 Å². The fraction of sp³-hybridized carbons (Fsp3) is 0.909. The molecule has 1 aliphatic rings. The van der Waals surface area contributed by atoms with Gasteiger partial charge in [0.2, 0.25) is 5.91 Å². The first-order valence-electron chi connectivity index (χ1n) is 5.60. The molecule has 0 bridgehead atoms. The standard InChI is InChI=1S/C11H22N2O/c1-4-10(12)11(14)13-6-5-9(7-13)8(2)3/h8-10H,4-7,12H2,1-3H3/t9?,10-/m1/s1. The van der Waals surface area contributed by atoms with E-state index in [1.165, 1.54) is 0 Å². The Morgan fingerprint density at radius 1 is 1.57 bits per heavy atom. The van der Waals surface area contributed by atoms with Gasteiger partial charge in [0.05, 0.1) is 6.04 Å². The van der Waals surface area contributed by atoms with E-state index in [-0.39, 0.29) is 11.9 Å². The van der Waals surface area contributed by atoms with Crippen LogP contribution in [0.25, 0.3) is 0 Å². The molecule has 1 amide bonds. The van der Waals surface area contributed by atoms with E-state index in [9.17, 15) is 4.79 Å². The lowest BCUT2D eigenvalue weighted by molar-refractivity contribution is -0.131. The summed E-state index contributed by atoms with van der Waals surface area (Å²) >= 11 is 0. The van der Waals surface area contributed by atoms with Crippen LogP contribution in [0.1, 0.15) is 33.6 Å². The summed E-state index contributed by atoms with van der Waals surface area (Å²) in [5.74, 6) is 1.48. The van der Waals surface area contributed by atoms with Crippen LogP contribution in [0.4, 0.5) is 0 Å². The summed E-state index contributed by atoms with van der Waals surface area (Å²) in [6.45, 7) is 8.20. The highest BCUT2D eigenvalue weighted by Crippen LogP contribution is 2.23. The Bertz CT molecular complexity index is 203. The van der Waals surface area contributed by atoms with E-state index in [4.69, 9.17) is 5.73 Å². The number of carbonyl (C=O) groups is 1. The number of hydrogen-bond donors (Lipinski definition) is 1. The molecule has 1 unspecified atom stereocenters. The van der Waals surface area contributed by atoms with Crippen molar-refractivity contribution in [2.45, 2.75) is 39.7 Å². The van der Waals surface area contributed by atoms with E-state index in [2.05, 4.69) is 13.8 Å². The Hall–Kier alpha value is -0.570. The van der Waals surface area contributed by atoms with Crippen LogP contribution in [0.3, 0.4) is 0 Å². The number of nitrogens with zero attached hydrogens (tertiary/aromatic N) is 1. The number of nitrogens with two attached hydrogens (primary N) is 1. The zero-order chi connectivity index (χ0) is 10.7. The van der Waals surface area contributed by atoms with E-state index < -0.39 is 0 Å². The third kappa shape index (κ3) is 2.47. The van der Waals surface area contributed by atoms with E-state index in [1.54, 1.807) is 0 Å². The van der Waals surface area contributed by atoms with Crippen molar-refractivity contribution in [1.82, 2.24) is 4.90 Å². The molecule has 0 aromatic carbocycles. The van der Waals surface area contributed by atoms with Gasteiger partial charge in [-0.3, -0.25) is 4.79 Å². The number of rotatable bonds is 3. The second kappa shape index (κ2) is 4.78. The lowest BCUT2D eigenvalue weighted by Gasteiger charge is -2.21. The molecule has 82 valence electrons. The van der Waals surface area contributed by atoms with Crippen LogP contribution in [0, 0.1) is 11.8 Å². The van der Waals surface area contributed by atoms with Crippen molar-refractivity contribution in [2.75, 3.05) is 13.1 Å². The van der Waals surface area contributed by atoms with Crippen molar-refractivity contribution in [3.05, 3.63) is 0 Å². The molecule has 0 radical (unpaired) electrons. The van der Waals surface area contributed by atoms with E-state index in [0.29, 0.717) is 11.8 Å². The topological polar surface area (TPSA) is 46.3 Å². The van der Waals surface area contributed by atoms with Gasteiger partial charge in [-0.05, 0) is 24.7 Å². The molecular formula is C11H22N2O. The van der Waals surface area contributed by atoms with Gasteiger partial charge in [0.25, 0.3) is 0 Å². The van der Waals surface area contributed by atoms with Crippen LogP contribution in [-0.4, -0.2) is 29.9 Å². The van der Waals surface area contributed by atoms with Crippen LogP contribution >= 0.6 is 0 Å². The number of carbonyl (C=O) groups excluding carboxylic acids is 1. The SMILES string of the molecule is CC[C@@H](N)C(=O)N1CCC(C(C)C)C1. The molecule has 1 aliphatic heterocycles. The highest BCUT2D eigenvalue weighted by atomic mass is 16.2. The third-order valence-corrected chi connectivity index (χ3v) is 3.24. The summed E-state index contributed by atoms with van der Waals surface area (Å²) in [7, 11) is 0. The summed E-state index contributed by atoms with van der Waals surface area (Å²) in [6, 6.07) is -0.291. The summed E-state index contributed by atoms with van der Waals surface area (Å²) in [5.41, 5.74) is 5.73. The lowest BCUT2D eigenvalue weighted by Crippen LogP contribution is -2.42. The maximum Gasteiger partial charge on any atom is 0.239 e. The Morgan fingerprint density at radius 2 is 2.21 bits per heavy atom. The molecule has 1 heterocycles. The van der Waals surface area contributed by atoms with E-state index in [0.717, 1.165) is 25.9 Å². The van der Waals surface area contributed by atoms with Gasteiger partial charge >= 0.3 is 0 Å². The second-order valence-electron chi connectivity index (χ2n) is 4.59. The second-order valence-corrected chi connectivity index (χ2v) is 4.59. The lowest BCUT2D eigenvalue weighted by atomic mass is 9.95. The first-order chi connectivity index (χ1) is 6.56. The average Bonchev–Trinajstić information content (AvgIpc) is 2.64. The largest absolute Gasteiger partial charge is 0.341 e. The fourth-order valence-electron chi connectivity index (χ4n) is 1.94. The van der Waals surface area contributed by atoms with Crippen LogP contribution in [0.2, 0.25) is 0 Å². The normalized spacial score (nSPS) is 24.4. The molecule has 2 atom stereocenters. The van der Waals surface area contributed by atoms with Crippen molar-refractivity contribution in [3.8, 4) is 0 Å². The van der Waals surface area contributed by atoms with E-state index >= 15 is 0 Å². The molecule has 0 aromatic rings. The van der Waals surface area contributed by atoms with Crippen molar-refractivity contribution >= 4 is 5.91 Å². The van der Waals surface area contributed by atoms with Crippen LogP contribution in [0.5, 0.6) is 0 Å². The van der Waals surface area contributed by atoms with Crippen molar-refractivity contribution in [2.24, 2.45) is 17.6 Å². The minimum atomic E-state index is -0.291. The Morgan fingerprint density at radius 3 is 2.64 bits per heavy atom. The van der Waals surface area contributed by atoms with E-state index in [1.807, 2.05) is 11.8 Å². The molecule has 0 spiro atoms. The first-order valence-corrected chi connectivity index (χ1v) is 5.60. The van der Waals surface area contributed by atoms with Crippen molar-refractivity contribution < 1.29 is 4.79 Å². The molecular weight excluding hydrogens is 176 g/mol. The van der Waals surface area contributed by atoms with Gasteiger partial charge in [0, 0.05) is 13.1 Å². The number of likely N-dealkylation sites (tertiary alicyclic amines) is 1. The summed E-state index contributed by atoms with van der Waals surface area (Å²) < 4.78 is 0. The zero-order valence-corrected chi connectivity index (χ0v) is 9.49. The molecule has 3 nitrogen and oxygen atoms in total. The predicted octanol–water partition coefficient (Wildman–Crippen LogP) is 1.23. The first kappa shape index (κ1) is 11.5. The molecule has 2 N–H and O–H groups in total. The number of amides is 1. The third-order valence-electron chi connectivity index (χ3n) is 3.24. The van der Waals surface area contributed by atoms with Crippen molar-refractivity contribution in [3.63, 3.8) is 0 Å². The van der Waals surface area contributed by atoms with Gasteiger partial charge in [-0.15, -0.1) is 0 Å². The number of hydrogen-bond acceptors (Lipinski definition) is 2. The smallest absolute Gasteiger partial charge is 0.239 e. The average molecular weight is 198 g/mol. The Labute approximate surface area is 86.6 Å². The van der Waals surface area contributed by atoms with Gasteiger partial charge in [-0.2, -0.15) is 0 Å². The Balaban J connectivity index is 2.45. The molecule has 14 heavy (non-hydrogen) atoms. The van der Waals surface area contributed by atoms with Crippen LogP contribution in [-0.2, 0) is 4.79 Å². The van der Waals surface area contributed by atoms with Crippen molar-refractivity contribution in [1.29, 1.82) is 0 Å². The molecule has 0 aliphatic carbocycles. The predicted molar refractivity (Wildman–Crippen MR) is 57.8 cm³/mol. The summed E-state index contributed by atoms with van der Waals surface area (Å²) in [6.07, 6.45) is 1.88. The summed E-state index contributed by atoms with van der Waals surface area (Å²) in [5, 5.41) is 0. The van der Waals surface area contributed by atoms with Gasteiger partial charge in [0.15, 0.2) is 0 Å². The molecule has 3 heteroatoms.